The molecule has 0 radical (unpaired) electrons. The van der Waals surface area contributed by atoms with Crippen molar-refractivity contribution in [2.75, 3.05) is 11.1 Å². The molecule has 1 aromatic heterocycles. The Morgan fingerprint density at radius 2 is 2.00 bits per heavy atom. The van der Waals surface area contributed by atoms with Crippen molar-refractivity contribution < 1.29 is 4.79 Å². The molecule has 10 heteroatoms. The van der Waals surface area contributed by atoms with Crippen LogP contribution in [0.25, 0.3) is 0 Å². The Morgan fingerprint density at radius 3 is 2.71 bits per heavy atom. The second-order valence-electron chi connectivity index (χ2n) is 4.87. The maximum Gasteiger partial charge on any atom is 0.255 e. The third kappa shape index (κ3) is 4.03. The Bertz CT molecular complexity index is 850. The van der Waals surface area contributed by atoms with Crippen LogP contribution in [0.2, 0.25) is 15.1 Å². The number of thioether (sulfide) groups is 2. The molecule has 2 N–H and O–H groups in total. The monoisotopic (exact) mass is 421 g/mol. The molecule has 1 aromatic carbocycles. The van der Waals surface area contributed by atoms with E-state index in [2.05, 4.69) is 15.3 Å². The number of fused-ring (bicyclic) bond motifs is 1. The van der Waals surface area contributed by atoms with Gasteiger partial charge < -0.3 is 10.3 Å². The number of hydrogen-bond acceptors (Lipinski definition) is 5. The maximum absolute atomic E-state index is 12.1. The van der Waals surface area contributed by atoms with Crippen LogP contribution in [0.5, 0.6) is 0 Å². The molecule has 1 amide bonds. The molecule has 126 valence electrons. The van der Waals surface area contributed by atoms with Crippen molar-refractivity contribution in [3.8, 4) is 0 Å². The number of anilines is 1. The van der Waals surface area contributed by atoms with Crippen molar-refractivity contribution in [3.63, 3.8) is 0 Å². The number of H-pyrrole nitrogens is 1. The van der Waals surface area contributed by atoms with Crippen LogP contribution in [0.1, 0.15) is 11.3 Å². The first-order valence-electron chi connectivity index (χ1n) is 6.71. The van der Waals surface area contributed by atoms with E-state index in [1.54, 1.807) is 11.8 Å². The first-order valence-corrected chi connectivity index (χ1v) is 9.98. The number of aromatic amines is 1. The summed E-state index contributed by atoms with van der Waals surface area (Å²) >= 11 is 20.7. The summed E-state index contributed by atoms with van der Waals surface area (Å²) in [5.41, 5.74) is 1.67. The molecule has 2 heterocycles. The van der Waals surface area contributed by atoms with Crippen molar-refractivity contribution in [2.45, 2.75) is 16.7 Å². The van der Waals surface area contributed by atoms with Crippen LogP contribution in [-0.4, -0.2) is 21.6 Å². The zero-order valence-electron chi connectivity index (χ0n) is 12.0. The average Bonchev–Trinajstić information content (AvgIpc) is 2.98. The van der Waals surface area contributed by atoms with Gasteiger partial charge in [-0.25, -0.2) is 4.98 Å². The molecule has 1 aliphatic heterocycles. The number of amides is 1. The predicted molar refractivity (Wildman–Crippen MR) is 101 cm³/mol. The lowest BCUT2D eigenvalue weighted by Gasteiger charge is -2.09. The molecule has 0 spiro atoms. The van der Waals surface area contributed by atoms with Gasteiger partial charge in [0.1, 0.15) is 0 Å². The Balaban J connectivity index is 1.67. The molecule has 0 atom stereocenters. The highest BCUT2D eigenvalue weighted by atomic mass is 35.5. The summed E-state index contributed by atoms with van der Waals surface area (Å²) < 4.78 is 0. The van der Waals surface area contributed by atoms with Gasteiger partial charge in [-0.05, 0) is 12.1 Å². The third-order valence-electron chi connectivity index (χ3n) is 3.18. The van der Waals surface area contributed by atoms with Gasteiger partial charge in [-0.3, -0.25) is 9.59 Å². The molecule has 2 aromatic rings. The van der Waals surface area contributed by atoms with Gasteiger partial charge in [0.2, 0.25) is 5.91 Å². The van der Waals surface area contributed by atoms with Crippen molar-refractivity contribution in [1.29, 1.82) is 0 Å². The Kier molecular flexibility index (Phi) is 5.66. The van der Waals surface area contributed by atoms with E-state index in [-0.39, 0.29) is 27.3 Å². The van der Waals surface area contributed by atoms with E-state index in [4.69, 9.17) is 34.8 Å². The van der Waals surface area contributed by atoms with E-state index in [1.807, 2.05) is 0 Å². The van der Waals surface area contributed by atoms with Crippen LogP contribution in [0.4, 0.5) is 5.69 Å². The summed E-state index contributed by atoms with van der Waals surface area (Å²) in [7, 11) is 0. The van der Waals surface area contributed by atoms with Gasteiger partial charge in [-0.1, -0.05) is 46.6 Å². The minimum Gasteiger partial charge on any atom is -0.323 e. The fourth-order valence-electron chi connectivity index (χ4n) is 2.08. The maximum atomic E-state index is 12.1. The number of carbonyl (C=O) groups excluding carboxylic acids is 1. The standard InChI is InChI=1S/C14H10Cl3N3O2S2/c15-6-1-8(16)12(9(17)2-6)19-11(21)5-24-14-18-10-4-23-3-7(10)13(22)20-14/h1-2H,3-5H2,(H,19,21)(H,18,20,22). The second kappa shape index (κ2) is 7.58. The van der Waals surface area contributed by atoms with Crippen LogP contribution in [0.3, 0.4) is 0 Å². The molecule has 0 saturated carbocycles. The number of nitrogens with zero attached hydrogens (tertiary/aromatic N) is 1. The van der Waals surface area contributed by atoms with Crippen LogP contribution in [-0.2, 0) is 16.3 Å². The van der Waals surface area contributed by atoms with E-state index in [1.165, 1.54) is 12.1 Å². The summed E-state index contributed by atoms with van der Waals surface area (Å²) in [5.74, 6) is 1.14. The van der Waals surface area contributed by atoms with Gasteiger partial charge in [0.05, 0.1) is 27.2 Å². The SMILES string of the molecule is O=C(CSc1nc2c(c(=O)[nH]1)CSC2)Nc1c(Cl)cc(Cl)cc1Cl. The minimum absolute atomic E-state index is 0.0597. The highest BCUT2D eigenvalue weighted by Gasteiger charge is 2.18. The highest BCUT2D eigenvalue weighted by molar-refractivity contribution is 7.99. The summed E-state index contributed by atoms with van der Waals surface area (Å²) in [6.07, 6.45) is 0. The van der Waals surface area contributed by atoms with Crippen molar-refractivity contribution in [1.82, 2.24) is 9.97 Å². The quantitative estimate of drug-likeness (QED) is 0.570. The molecule has 5 nitrogen and oxygen atoms in total. The Labute approximate surface area is 160 Å². The minimum atomic E-state index is -0.316. The first-order chi connectivity index (χ1) is 11.4. The third-order valence-corrected chi connectivity index (χ3v) is 5.83. The van der Waals surface area contributed by atoms with E-state index >= 15 is 0 Å². The van der Waals surface area contributed by atoms with Crippen LogP contribution in [0.15, 0.2) is 22.1 Å². The molecule has 3 rings (SSSR count). The van der Waals surface area contributed by atoms with Crippen LogP contribution >= 0.6 is 58.3 Å². The molecule has 0 aliphatic carbocycles. The Morgan fingerprint density at radius 1 is 1.29 bits per heavy atom. The van der Waals surface area contributed by atoms with E-state index in [0.717, 1.165) is 23.2 Å². The van der Waals surface area contributed by atoms with E-state index in [0.29, 0.717) is 27.2 Å². The molecule has 1 aliphatic rings. The second-order valence-corrected chi connectivity index (χ2v) is 8.07. The molecule has 0 saturated heterocycles. The number of hydrogen-bond donors (Lipinski definition) is 2. The lowest BCUT2D eigenvalue weighted by atomic mass is 10.3. The van der Waals surface area contributed by atoms with Gasteiger partial charge in [0.25, 0.3) is 5.56 Å². The lowest BCUT2D eigenvalue weighted by molar-refractivity contribution is -0.113. The fraction of sp³-hybridized carbons (Fsp3) is 0.214. The largest absolute Gasteiger partial charge is 0.323 e. The molecular weight excluding hydrogens is 413 g/mol. The molecule has 0 bridgehead atoms. The van der Waals surface area contributed by atoms with Gasteiger partial charge in [0.15, 0.2) is 5.16 Å². The zero-order valence-corrected chi connectivity index (χ0v) is 15.9. The van der Waals surface area contributed by atoms with Crippen molar-refractivity contribution in [2.24, 2.45) is 0 Å². The first kappa shape index (κ1) is 17.9. The van der Waals surface area contributed by atoms with Gasteiger partial charge in [-0.2, -0.15) is 11.8 Å². The number of nitrogens with one attached hydrogen (secondary N) is 2. The topological polar surface area (TPSA) is 74.8 Å². The average molecular weight is 423 g/mol. The highest BCUT2D eigenvalue weighted by Crippen LogP contribution is 2.34. The summed E-state index contributed by atoms with van der Waals surface area (Å²) in [5, 5.41) is 3.95. The number of halogens is 3. The zero-order chi connectivity index (χ0) is 17.3. The van der Waals surface area contributed by atoms with Crippen molar-refractivity contribution >= 4 is 69.9 Å². The number of benzene rings is 1. The molecular formula is C14H10Cl3N3O2S2. The van der Waals surface area contributed by atoms with E-state index < -0.39 is 0 Å². The number of rotatable bonds is 4. The number of aromatic nitrogens is 2. The summed E-state index contributed by atoms with van der Waals surface area (Å²) in [6, 6.07) is 2.99. The molecule has 0 unspecified atom stereocenters. The van der Waals surface area contributed by atoms with Crippen molar-refractivity contribution in [3.05, 3.63) is 48.8 Å². The Hall–Kier alpha value is -0.860. The molecule has 24 heavy (non-hydrogen) atoms. The molecule has 0 fully saturated rings. The van der Waals surface area contributed by atoms with Crippen LogP contribution in [0, 0.1) is 0 Å². The van der Waals surface area contributed by atoms with Gasteiger partial charge >= 0.3 is 0 Å². The van der Waals surface area contributed by atoms with Gasteiger partial charge in [-0.15, -0.1) is 0 Å². The summed E-state index contributed by atoms with van der Waals surface area (Å²) in [4.78, 5) is 31.1. The van der Waals surface area contributed by atoms with Crippen LogP contribution < -0.4 is 10.9 Å². The predicted octanol–water partition coefficient (Wildman–Crippen LogP) is 4.21. The fourth-order valence-corrected chi connectivity index (χ4v) is 4.71. The lowest BCUT2D eigenvalue weighted by Crippen LogP contribution is -2.18. The summed E-state index contributed by atoms with van der Waals surface area (Å²) in [6.45, 7) is 0. The number of carbonyl (C=O) groups is 1. The normalized spacial score (nSPS) is 13.0. The van der Waals surface area contributed by atoms with Gasteiger partial charge in [0, 0.05) is 22.1 Å². The van der Waals surface area contributed by atoms with E-state index in [9.17, 15) is 9.59 Å². The smallest absolute Gasteiger partial charge is 0.255 e.